The molecule has 0 spiro atoms. The van der Waals surface area contributed by atoms with Gasteiger partial charge in [0.25, 0.3) is 0 Å². The van der Waals surface area contributed by atoms with Gasteiger partial charge in [-0.3, -0.25) is 9.80 Å². The lowest BCUT2D eigenvalue weighted by atomic mass is 9.98. The summed E-state index contributed by atoms with van der Waals surface area (Å²) in [6, 6.07) is 3.15. The number of piperazine rings is 1. The van der Waals surface area contributed by atoms with Gasteiger partial charge >= 0.3 is 0 Å². The average Bonchev–Trinajstić information content (AvgIpc) is 2.33. The molecule has 1 atom stereocenters. The maximum absolute atomic E-state index is 13.7. The zero-order chi connectivity index (χ0) is 14.9. The van der Waals surface area contributed by atoms with Gasteiger partial charge in [-0.1, -0.05) is 6.07 Å². The second kappa shape index (κ2) is 5.76. The largest absolute Gasteiger partial charge is 0.323 e. The van der Waals surface area contributed by atoms with Crippen molar-refractivity contribution in [2.75, 3.05) is 33.2 Å². The van der Waals surface area contributed by atoms with Crippen LogP contribution in [0.5, 0.6) is 0 Å². The molecule has 2 N–H and O–H groups in total. The van der Waals surface area contributed by atoms with E-state index in [1.54, 1.807) is 0 Å². The van der Waals surface area contributed by atoms with E-state index >= 15 is 0 Å². The standard InChI is InChI=1S/C15H23F2N3/c1-15(2)10-20(7-6-19(15)3)9-14(18)12-5-4-11(16)8-13(12)17/h4-5,8,14H,6-7,9-10,18H2,1-3H3. The Labute approximate surface area is 119 Å². The first-order chi connectivity index (χ1) is 9.29. The highest BCUT2D eigenvalue weighted by Crippen LogP contribution is 2.22. The Morgan fingerprint density at radius 3 is 2.60 bits per heavy atom. The van der Waals surface area contributed by atoms with Crippen LogP contribution in [0.3, 0.4) is 0 Å². The van der Waals surface area contributed by atoms with Crippen molar-refractivity contribution in [3.8, 4) is 0 Å². The van der Waals surface area contributed by atoms with E-state index < -0.39 is 17.7 Å². The first-order valence-corrected chi connectivity index (χ1v) is 6.94. The van der Waals surface area contributed by atoms with Gasteiger partial charge in [-0.25, -0.2) is 8.78 Å². The molecule has 1 aromatic rings. The average molecular weight is 283 g/mol. The van der Waals surface area contributed by atoms with Crippen molar-refractivity contribution in [1.82, 2.24) is 9.80 Å². The smallest absolute Gasteiger partial charge is 0.130 e. The summed E-state index contributed by atoms with van der Waals surface area (Å²) in [6.07, 6.45) is 0. The van der Waals surface area contributed by atoms with Crippen molar-refractivity contribution in [3.63, 3.8) is 0 Å². The SMILES string of the molecule is CN1CCN(CC(N)c2ccc(F)cc2F)CC1(C)C. The molecule has 1 aliphatic heterocycles. The van der Waals surface area contributed by atoms with Gasteiger partial charge in [0.2, 0.25) is 0 Å². The van der Waals surface area contributed by atoms with E-state index in [4.69, 9.17) is 5.73 Å². The number of halogens is 2. The number of hydrogen-bond acceptors (Lipinski definition) is 3. The van der Waals surface area contributed by atoms with Crippen molar-refractivity contribution in [2.24, 2.45) is 5.73 Å². The molecule has 1 heterocycles. The molecule has 1 unspecified atom stereocenters. The van der Waals surface area contributed by atoms with Crippen molar-refractivity contribution in [1.29, 1.82) is 0 Å². The van der Waals surface area contributed by atoms with Crippen molar-refractivity contribution in [3.05, 3.63) is 35.4 Å². The minimum Gasteiger partial charge on any atom is -0.323 e. The molecule has 5 heteroatoms. The van der Waals surface area contributed by atoms with Crippen LogP contribution in [-0.4, -0.2) is 48.6 Å². The van der Waals surface area contributed by atoms with Gasteiger partial charge in [-0.2, -0.15) is 0 Å². The zero-order valence-electron chi connectivity index (χ0n) is 12.4. The van der Waals surface area contributed by atoms with E-state index in [2.05, 4.69) is 30.7 Å². The fourth-order valence-corrected chi connectivity index (χ4v) is 2.68. The van der Waals surface area contributed by atoms with Crippen LogP contribution in [0.15, 0.2) is 18.2 Å². The topological polar surface area (TPSA) is 32.5 Å². The van der Waals surface area contributed by atoms with Crippen LogP contribution >= 0.6 is 0 Å². The lowest BCUT2D eigenvalue weighted by molar-refractivity contribution is 0.0370. The Balaban J connectivity index is 2.03. The van der Waals surface area contributed by atoms with E-state index in [0.29, 0.717) is 12.1 Å². The Bertz CT molecular complexity index is 476. The summed E-state index contributed by atoms with van der Waals surface area (Å²) in [4.78, 5) is 4.56. The molecule has 0 radical (unpaired) electrons. The van der Waals surface area contributed by atoms with Crippen molar-refractivity contribution >= 4 is 0 Å². The number of hydrogen-bond donors (Lipinski definition) is 1. The summed E-state index contributed by atoms with van der Waals surface area (Å²) >= 11 is 0. The highest BCUT2D eigenvalue weighted by Gasteiger charge is 2.31. The molecule has 0 saturated carbocycles. The maximum Gasteiger partial charge on any atom is 0.130 e. The number of nitrogens with two attached hydrogens (primary N) is 1. The van der Waals surface area contributed by atoms with Gasteiger partial charge in [0.15, 0.2) is 0 Å². The monoisotopic (exact) mass is 283 g/mol. The third-order valence-electron chi connectivity index (χ3n) is 4.21. The van der Waals surface area contributed by atoms with Crippen LogP contribution in [0, 0.1) is 11.6 Å². The Morgan fingerprint density at radius 1 is 1.30 bits per heavy atom. The predicted octanol–water partition coefficient (Wildman–Crippen LogP) is 1.99. The van der Waals surface area contributed by atoms with Crippen LogP contribution in [-0.2, 0) is 0 Å². The van der Waals surface area contributed by atoms with Gasteiger partial charge in [0.05, 0.1) is 0 Å². The number of nitrogens with zero attached hydrogens (tertiary/aromatic N) is 2. The Hall–Kier alpha value is -1.04. The van der Waals surface area contributed by atoms with Gasteiger partial charge in [0.1, 0.15) is 11.6 Å². The molecule has 1 fully saturated rings. The fraction of sp³-hybridized carbons (Fsp3) is 0.600. The zero-order valence-corrected chi connectivity index (χ0v) is 12.4. The number of rotatable bonds is 3. The van der Waals surface area contributed by atoms with E-state index in [1.165, 1.54) is 12.1 Å². The lowest BCUT2D eigenvalue weighted by Crippen LogP contribution is -2.58. The third kappa shape index (κ3) is 3.34. The van der Waals surface area contributed by atoms with E-state index in [9.17, 15) is 8.78 Å². The van der Waals surface area contributed by atoms with Crippen LogP contribution < -0.4 is 5.73 Å². The van der Waals surface area contributed by atoms with E-state index in [1.807, 2.05) is 0 Å². The molecule has 0 aromatic heterocycles. The predicted molar refractivity (Wildman–Crippen MR) is 76.4 cm³/mol. The lowest BCUT2D eigenvalue weighted by Gasteiger charge is -2.46. The van der Waals surface area contributed by atoms with E-state index in [0.717, 1.165) is 25.7 Å². The maximum atomic E-state index is 13.7. The molecule has 1 saturated heterocycles. The van der Waals surface area contributed by atoms with Crippen LogP contribution in [0.4, 0.5) is 8.78 Å². The van der Waals surface area contributed by atoms with Crippen LogP contribution in [0.1, 0.15) is 25.5 Å². The van der Waals surface area contributed by atoms with Gasteiger partial charge in [-0.15, -0.1) is 0 Å². The molecular weight excluding hydrogens is 260 g/mol. The minimum atomic E-state index is -0.570. The summed E-state index contributed by atoms with van der Waals surface area (Å²) in [7, 11) is 2.11. The second-order valence-corrected chi connectivity index (χ2v) is 6.24. The highest BCUT2D eigenvalue weighted by molar-refractivity contribution is 5.22. The first kappa shape index (κ1) is 15.4. The summed E-state index contributed by atoms with van der Waals surface area (Å²) < 4.78 is 26.6. The van der Waals surface area contributed by atoms with Gasteiger partial charge in [0, 0.05) is 49.4 Å². The molecular formula is C15H23F2N3. The summed E-state index contributed by atoms with van der Waals surface area (Å²) in [5.41, 5.74) is 6.54. The fourth-order valence-electron chi connectivity index (χ4n) is 2.68. The number of benzene rings is 1. The summed E-state index contributed by atoms with van der Waals surface area (Å²) in [5.74, 6) is -1.13. The minimum absolute atomic E-state index is 0.0826. The molecule has 2 rings (SSSR count). The van der Waals surface area contributed by atoms with Crippen LogP contribution in [0.25, 0.3) is 0 Å². The molecule has 0 amide bonds. The summed E-state index contributed by atoms with van der Waals surface area (Å²) in [5, 5.41) is 0. The second-order valence-electron chi connectivity index (χ2n) is 6.24. The van der Waals surface area contributed by atoms with E-state index in [-0.39, 0.29) is 5.54 Å². The summed E-state index contributed by atoms with van der Waals surface area (Å²) in [6.45, 7) is 7.72. The van der Waals surface area contributed by atoms with Crippen LogP contribution in [0.2, 0.25) is 0 Å². The Kier molecular flexibility index (Phi) is 4.42. The molecule has 0 aliphatic carbocycles. The molecule has 1 aromatic carbocycles. The van der Waals surface area contributed by atoms with Crippen molar-refractivity contribution < 1.29 is 8.78 Å². The molecule has 0 bridgehead atoms. The van der Waals surface area contributed by atoms with Gasteiger partial charge < -0.3 is 5.73 Å². The third-order valence-corrected chi connectivity index (χ3v) is 4.21. The highest BCUT2D eigenvalue weighted by atomic mass is 19.1. The quantitative estimate of drug-likeness (QED) is 0.921. The molecule has 1 aliphatic rings. The molecule has 112 valence electrons. The van der Waals surface area contributed by atoms with Gasteiger partial charge in [-0.05, 0) is 27.0 Å². The number of likely N-dealkylation sites (N-methyl/N-ethyl adjacent to an activating group) is 1. The normalized spacial score (nSPS) is 21.9. The van der Waals surface area contributed by atoms with Crippen molar-refractivity contribution in [2.45, 2.75) is 25.4 Å². The first-order valence-electron chi connectivity index (χ1n) is 6.94. The molecule has 20 heavy (non-hydrogen) atoms. The Morgan fingerprint density at radius 2 is 2.00 bits per heavy atom. The molecule has 3 nitrogen and oxygen atoms in total.